The molecule has 1 spiro atoms. The van der Waals surface area contributed by atoms with E-state index in [0.29, 0.717) is 19.0 Å². The van der Waals surface area contributed by atoms with Crippen LogP contribution in [0.15, 0.2) is 48.5 Å². The molecule has 182 valence electrons. The molecule has 0 radical (unpaired) electrons. The minimum absolute atomic E-state index is 0.0641. The largest absolute Gasteiger partial charge is 0.324 e. The first-order chi connectivity index (χ1) is 16.1. The number of rotatable bonds is 3. The Morgan fingerprint density at radius 2 is 1.56 bits per heavy atom. The maximum Gasteiger partial charge on any atom is 0.321 e. The molecule has 0 bridgehead atoms. The van der Waals surface area contributed by atoms with Crippen LogP contribution in [0.5, 0.6) is 0 Å². The lowest BCUT2D eigenvalue weighted by Crippen LogP contribution is -2.54. The van der Waals surface area contributed by atoms with Gasteiger partial charge in [-0.3, -0.25) is 4.79 Å². The maximum absolute atomic E-state index is 13.4. The minimum Gasteiger partial charge on any atom is -0.324 e. The highest BCUT2D eigenvalue weighted by molar-refractivity contribution is 8.00. The second-order valence-corrected chi connectivity index (χ2v) is 12.2. The Hall–Kier alpha value is -2.47. The molecule has 0 aliphatic carbocycles. The number of urea groups is 1. The summed E-state index contributed by atoms with van der Waals surface area (Å²) in [7, 11) is 0. The predicted octanol–water partition coefficient (Wildman–Crippen LogP) is 6.32. The molecular formula is C28H37N3O2S. The zero-order valence-electron chi connectivity index (χ0n) is 21.1. The van der Waals surface area contributed by atoms with Gasteiger partial charge in [-0.25, -0.2) is 4.79 Å². The summed E-state index contributed by atoms with van der Waals surface area (Å²) in [5, 5.41) is 3.03. The number of anilines is 1. The fraction of sp³-hybridized carbons (Fsp3) is 0.500. The number of benzene rings is 2. The fourth-order valence-corrected chi connectivity index (χ4v) is 6.25. The summed E-state index contributed by atoms with van der Waals surface area (Å²) < 4.78 is 0. The highest BCUT2D eigenvalue weighted by Crippen LogP contribution is 2.44. The Kier molecular flexibility index (Phi) is 6.99. The predicted molar refractivity (Wildman–Crippen MR) is 142 cm³/mol. The minimum atomic E-state index is -0.213. The summed E-state index contributed by atoms with van der Waals surface area (Å²) in [5.41, 5.74) is 4.12. The lowest BCUT2D eigenvalue weighted by molar-refractivity contribution is 0.0585. The number of nitrogens with zero attached hydrogens (tertiary/aromatic N) is 2. The number of hydrogen-bond donors (Lipinski definition) is 1. The molecule has 2 heterocycles. The average molecular weight is 480 g/mol. The van der Waals surface area contributed by atoms with E-state index in [1.54, 1.807) is 0 Å². The van der Waals surface area contributed by atoms with Crippen LogP contribution in [0.25, 0.3) is 0 Å². The van der Waals surface area contributed by atoms with Gasteiger partial charge in [-0.1, -0.05) is 58.9 Å². The quantitative estimate of drug-likeness (QED) is 0.560. The van der Waals surface area contributed by atoms with E-state index in [2.05, 4.69) is 69.1 Å². The van der Waals surface area contributed by atoms with Crippen molar-refractivity contribution in [3.05, 3.63) is 65.2 Å². The first-order valence-electron chi connectivity index (χ1n) is 12.3. The average Bonchev–Trinajstić information content (AvgIpc) is 3.21. The number of thioether (sulfide) groups is 1. The van der Waals surface area contributed by atoms with E-state index in [-0.39, 0.29) is 22.2 Å². The molecule has 2 saturated heterocycles. The van der Waals surface area contributed by atoms with Gasteiger partial charge in [0.05, 0.1) is 4.87 Å². The Bertz CT molecular complexity index is 1020. The van der Waals surface area contributed by atoms with Crippen LogP contribution < -0.4 is 5.32 Å². The molecular weight excluding hydrogens is 442 g/mol. The third-order valence-electron chi connectivity index (χ3n) is 7.08. The van der Waals surface area contributed by atoms with Crippen molar-refractivity contribution in [2.24, 2.45) is 0 Å². The Balaban J connectivity index is 1.38. The van der Waals surface area contributed by atoms with Gasteiger partial charge in [0, 0.05) is 36.6 Å². The molecule has 6 heteroatoms. The summed E-state index contributed by atoms with van der Waals surface area (Å²) in [6.45, 7) is 12.9. The lowest BCUT2D eigenvalue weighted by Gasteiger charge is -2.44. The molecule has 3 amide bonds. The molecule has 2 aromatic carbocycles. The first-order valence-corrected chi connectivity index (χ1v) is 13.3. The monoisotopic (exact) mass is 479 g/mol. The molecule has 2 fully saturated rings. The molecule has 5 nitrogen and oxygen atoms in total. The van der Waals surface area contributed by atoms with Crippen molar-refractivity contribution < 1.29 is 9.59 Å². The van der Waals surface area contributed by atoms with Crippen LogP contribution in [0, 0.1) is 0 Å². The van der Waals surface area contributed by atoms with Gasteiger partial charge in [-0.05, 0) is 59.6 Å². The highest BCUT2D eigenvalue weighted by atomic mass is 32.2. The maximum atomic E-state index is 13.4. The third-order valence-corrected chi connectivity index (χ3v) is 8.63. The van der Waals surface area contributed by atoms with Crippen molar-refractivity contribution in [1.82, 2.24) is 9.80 Å². The SMILES string of the molecule is CC(C)c1ccc(NC(=O)N2CCC3(CC2)SCCN3C(=O)c2ccc(C(C)(C)C)cc2)cc1. The van der Waals surface area contributed by atoms with Gasteiger partial charge in [0.2, 0.25) is 0 Å². The zero-order chi connectivity index (χ0) is 24.5. The summed E-state index contributed by atoms with van der Waals surface area (Å²) in [5.74, 6) is 1.52. The molecule has 0 unspecified atom stereocenters. The molecule has 2 aliphatic heterocycles. The molecule has 0 aromatic heterocycles. The first kappa shape index (κ1) is 24.6. The van der Waals surface area contributed by atoms with Gasteiger partial charge < -0.3 is 15.1 Å². The van der Waals surface area contributed by atoms with E-state index in [4.69, 9.17) is 0 Å². The van der Waals surface area contributed by atoms with Gasteiger partial charge in [0.1, 0.15) is 0 Å². The second-order valence-electron chi connectivity index (χ2n) is 10.8. The van der Waals surface area contributed by atoms with E-state index >= 15 is 0 Å². The van der Waals surface area contributed by atoms with Crippen LogP contribution in [0.4, 0.5) is 10.5 Å². The Morgan fingerprint density at radius 3 is 2.12 bits per heavy atom. The molecule has 1 N–H and O–H groups in total. The number of piperidine rings is 1. The number of carbonyl (C=O) groups excluding carboxylic acids is 2. The van der Waals surface area contributed by atoms with Gasteiger partial charge in [-0.2, -0.15) is 0 Å². The van der Waals surface area contributed by atoms with Crippen molar-refractivity contribution in [2.75, 3.05) is 30.7 Å². The molecule has 34 heavy (non-hydrogen) atoms. The number of likely N-dealkylation sites (tertiary alicyclic amines) is 1. The molecule has 2 aromatic rings. The van der Waals surface area contributed by atoms with E-state index < -0.39 is 0 Å². The second kappa shape index (κ2) is 9.65. The lowest BCUT2D eigenvalue weighted by atomic mass is 9.86. The van der Waals surface area contributed by atoms with Crippen molar-refractivity contribution in [2.45, 2.75) is 63.7 Å². The standard InChI is InChI=1S/C28H37N3O2S/c1-20(2)21-8-12-24(13-9-21)29-26(33)30-16-14-28(15-17-30)31(18-19-34-28)25(32)22-6-10-23(11-7-22)27(3,4)5/h6-13,20H,14-19H2,1-5H3,(H,29,33). The van der Waals surface area contributed by atoms with Gasteiger partial charge in [-0.15, -0.1) is 11.8 Å². The molecule has 2 aliphatic rings. The van der Waals surface area contributed by atoms with Crippen LogP contribution in [-0.4, -0.2) is 52.0 Å². The van der Waals surface area contributed by atoms with Crippen molar-refractivity contribution >= 4 is 29.4 Å². The molecule has 0 saturated carbocycles. The number of amides is 3. The summed E-state index contributed by atoms with van der Waals surface area (Å²) >= 11 is 1.87. The van der Waals surface area contributed by atoms with Crippen molar-refractivity contribution in [3.63, 3.8) is 0 Å². The van der Waals surface area contributed by atoms with Gasteiger partial charge in [0.15, 0.2) is 0 Å². The third kappa shape index (κ3) is 5.12. The summed E-state index contributed by atoms with van der Waals surface area (Å²) in [6, 6.07) is 16.1. The van der Waals surface area contributed by atoms with Gasteiger partial charge >= 0.3 is 6.03 Å². The zero-order valence-corrected chi connectivity index (χ0v) is 21.9. The van der Waals surface area contributed by atoms with E-state index in [9.17, 15) is 9.59 Å². The normalized spacial score (nSPS) is 17.9. The molecule has 0 atom stereocenters. The van der Waals surface area contributed by atoms with Crippen LogP contribution in [0.2, 0.25) is 0 Å². The van der Waals surface area contributed by atoms with E-state index in [1.165, 1.54) is 11.1 Å². The van der Waals surface area contributed by atoms with Crippen molar-refractivity contribution in [1.29, 1.82) is 0 Å². The van der Waals surface area contributed by atoms with Gasteiger partial charge in [0.25, 0.3) is 5.91 Å². The fourth-order valence-electron chi connectivity index (χ4n) is 4.79. The van der Waals surface area contributed by atoms with Crippen LogP contribution >= 0.6 is 11.8 Å². The summed E-state index contributed by atoms with van der Waals surface area (Å²) in [4.78, 5) is 30.0. The number of carbonyl (C=O) groups is 2. The van der Waals surface area contributed by atoms with Crippen molar-refractivity contribution in [3.8, 4) is 0 Å². The highest BCUT2D eigenvalue weighted by Gasteiger charge is 2.47. The van der Waals surface area contributed by atoms with Crippen LogP contribution in [0.3, 0.4) is 0 Å². The van der Waals surface area contributed by atoms with Crippen LogP contribution in [0.1, 0.15) is 74.9 Å². The topological polar surface area (TPSA) is 52.7 Å². The summed E-state index contributed by atoms with van der Waals surface area (Å²) in [6.07, 6.45) is 1.59. The van der Waals surface area contributed by atoms with Crippen LogP contribution in [-0.2, 0) is 5.41 Å². The van der Waals surface area contributed by atoms with E-state index in [1.807, 2.05) is 40.9 Å². The van der Waals surface area contributed by atoms with E-state index in [0.717, 1.165) is 36.4 Å². The number of hydrogen-bond acceptors (Lipinski definition) is 3. The molecule has 4 rings (SSSR count). The smallest absolute Gasteiger partial charge is 0.321 e. The Labute approximate surface area is 208 Å². The number of nitrogens with one attached hydrogen (secondary N) is 1. The Morgan fingerprint density at radius 1 is 0.941 bits per heavy atom.